The lowest BCUT2D eigenvalue weighted by Crippen LogP contribution is -2.43. The first-order chi connectivity index (χ1) is 16.5. The van der Waals surface area contributed by atoms with Gasteiger partial charge in [-0.2, -0.15) is 19.6 Å². The molecule has 1 aliphatic heterocycles. The van der Waals surface area contributed by atoms with Crippen LogP contribution >= 0.6 is 0 Å². The fourth-order valence-corrected chi connectivity index (χ4v) is 3.97. The maximum absolute atomic E-state index is 11.5. The van der Waals surface area contributed by atoms with Crippen molar-refractivity contribution in [3.05, 3.63) is 51.4 Å². The highest BCUT2D eigenvalue weighted by molar-refractivity contribution is 5.56. The standard InChI is InChI=1S/C21H25N11O2/c1-29-4-6-30(7-5-29)10-15-11-31(12-22-15)19-26-17-13(8-16-18(33)27-21(34)25-16)9-23-32(17)20(28-19)24-14-2-3-14/h8-9,11-12,14,33H,2-7,10H2,1H3,(H2,25,27,34)/b13-8+,24-20?. The van der Waals surface area contributed by atoms with Crippen LogP contribution in [-0.4, -0.2) is 93.3 Å². The van der Waals surface area contributed by atoms with E-state index < -0.39 is 5.69 Å². The van der Waals surface area contributed by atoms with Crippen molar-refractivity contribution in [3.63, 3.8) is 0 Å². The molecule has 176 valence electrons. The van der Waals surface area contributed by atoms with E-state index in [2.05, 4.69) is 41.9 Å². The summed E-state index contributed by atoms with van der Waals surface area (Å²) in [4.78, 5) is 39.7. The second-order valence-corrected chi connectivity index (χ2v) is 8.86. The fourth-order valence-electron chi connectivity index (χ4n) is 3.97. The molecule has 34 heavy (non-hydrogen) atoms. The first-order valence-electron chi connectivity index (χ1n) is 11.3. The highest BCUT2D eigenvalue weighted by atomic mass is 16.3. The van der Waals surface area contributed by atoms with Crippen LogP contribution in [0.15, 0.2) is 28.5 Å². The Morgan fingerprint density at radius 1 is 1.21 bits per heavy atom. The van der Waals surface area contributed by atoms with Gasteiger partial charge in [-0.25, -0.2) is 14.8 Å². The molecule has 1 saturated carbocycles. The minimum Gasteiger partial charge on any atom is -0.493 e. The molecule has 5 heterocycles. The summed E-state index contributed by atoms with van der Waals surface area (Å²) in [5, 5.41) is 15.0. The third-order valence-corrected chi connectivity index (χ3v) is 6.09. The predicted molar refractivity (Wildman–Crippen MR) is 121 cm³/mol. The minimum atomic E-state index is -0.494. The number of nitrogens with zero attached hydrogens (tertiary/aromatic N) is 9. The highest BCUT2D eigenvalue weighted by Gasteiger charge is 2.21. The lowest BCUT2D eigenvalue weighted by molar-refractivity contribution is 0.147. The van der Waals surface area contributed by atoms with Gasteiger partial charge in [0.15, 0.2) is 5.65 Å². The van der Waals surface area contributed by atoms with E-state index >= 15 is 0 Å². The maximum atomic E-state index is 11.5. The average molecular weight is 464 g/mol. The van der Waals surface area contributed by atoms with Gasteiger partial charge in [-0.3, -0.25) is 14.5 Å². The zero-order valence-corrected chi connectivity index (χ0v) is 18.7. The number of imidazole rings is 2. The van der Waals surface area contributed by atoms with Gasteiger partial charge in [0.2, 0.25) is 11.8 Å². The zero-order valence-electron chi connectivity index (χ0n) is 18.7. The maximum Gasteiger partial charge on any atom is 0.326 e. The largest absolute Gasteiger partial charge is 0.493 e. The third kappa shape index (κ3) is 4.10. The summed E-state index contributed by atoms with van der Waals surface area (Å²) in [5.74, 6) is 0.190. The monoisotopic (exact) mass is 463 g/mol. The normalized spacial score (nSPS) is 19.0. The summed E-state index contributed by atoms with van der Waals surface area (Å²) in [6.07, 6.45) is 8.93. The SMILES string of the molecule is CN1CCN(Cc2cn(-c3nc(=NC4CC4)n4nc/c(=C\c5[nH]c(=O)[nH]c5O)c4n3)cn2)CC1. The molecule has 0 atom stereocenters. The van der Waals surface area contributed by atoms with Crippen molar-refractivity contribution in [2.45, 2.75) is 25.4 Å². The average Bonchev–Trinajstić information content (AvgIpc) is 3.20. The topological polar surface area (TPSA) is 149 Å². The molecule has 13 nitrogen and oxygen atoms in total. The Morgan fingerprint density at radius 2 is 2.03 bits per heavy atom. The van der Waals surface area contributed by atoms with Crippen LogP contribution in [0.5, 0.6) is 5.88 Å². The molecule has 0 aromatic carbocycles. The Morgan fingerprint density at radius 3 is 2.76 bits per heavy atom. The Labute approximate surface area is 193 Å². The number of fused-ring (bicyclic) bond motifs is 1. The molecule has 3 N–H and O–H groups in total. The van der Waals surface area contributed by atoms with Gasteiger partial charge in [0, 0.05) is 44.1 Å². The van der Waals surface area contributed by atoms with Crippen molar-refractivity contribution in [3.8, 4) is 11.8 Å². The van der Waals surface area contributed by atoms with Gasteiger partial charge in [0.05, 0.1) is 17.9 Å². The molecule has 4 aromatic heterocycles. The van der Waals surface area contributed by atoms with Crippen molar-refractivity contribution in [2.24, 2.45) is 4.99 Å². The zero-order chi connectivity index (χ0) is 23.2. The van der Waals surface area contributed by atoms with Crippen molar-refractivity contribution >= 4 is 11.7 Å². The van der Waals surface area contributed by atoms with Crippen LogP contribution in [0.1, 0.15) is 24.2 Å². The minimum absolute atomic E-state index is 0.239. The molecule has 0 amide bonds. The molecular weight excluding hydrogens is 438 g/mol. The second kappa shape index (κ2) is 8.18. The molecule has 0 unspecified atom stereocenters. The van der Waals surface area contributed by atoms with E-state index in [1.807, 2.05) is 6.20 Å². The number of likely N-dealkylation sites (N-methyl/N-ethyl adjacent to an activating group) is 1. The summed E-state index contributed by atoms with van der Waals surface area (Å²) in [6.45, 7) is 4.90. The van der Waals surface area contributed by atoms with Gasteiger partial charge in [0.25, 0.3) is 5.62 Å². The first kappa shape index (κ1) is 20.7. The molecule has 13 heteroatoms. The number of rotatable bonds is 5. The summed E-state index contributed by atoms with van der Waals surface area (Å²) >= 11 is 0. The van der Waals surface area contributed by atoms with Crippen molar-refractivity contribution < 1.29 is 5.11 Å². The van der Waals surface area contributed by atoms with Crippen LogP contribution in [0.2, 0.25) is 0 Å². The van der Waals surface area contributed by atoms with E-state index in [1.165, 1.54) is 0 Å². The van der Waals surface area contributed by atoms with Gasteiger partial charge < -0.3 is 15.0 Å². The van der Waals surface area contributed by atoms with Crippen LogP contribution in [-0.2, 0) is 6.54 Å². The van der Waals surface area contributed by atoms with E-state index in [9.17, 15) is 9.90 Å². The third-order valence-electron chi connectivity index (χ3n) is 6.09. The van der Waals surface area contributed by atoms with Crippen LogP contribution in [0, 0.1) is 0 Å². The Balaban J connectivity index is 1.40. The van der Waals surface area contributed by atoms with Crippen LogP contribution in [0.3, 0.4) is 0 Å². The molecule has 6 rings (SSSR count). The Bertz CT molecular complexity index is 1520. The van der Waals surface area contributed by atoms with Gasteiger partial charge in [-0.05, 0) is 26.0 Å². The fraction of sp³-hybridized carbons (Fsp3) is 0.429. The molecule has 0 radical (unpaired) electrons. The van der Waals surface area contributed by atoms with Crippen LogP contribution < -0.4 is 16.5 Å². The van der Waals surface area contributed by atoms with Crippen molar-refractivity contribution in [2.75, 3.05) is 33.2 Å². The first-order valence-corrected chi connectivity index (χ1v) is 11.3. The lowest BCUT2D eigenvalue weighted by atomic mass is 10.3. The molecule has 2 fully saturated rings. The number of H-pyrrole nitrogens is 2. The molecule has 1 aliphatic carbocycles. The van der Waals surface area contributed by atoms with Gasteiger partial charge in [-0.15, -0.1) is 0 Å². The van der Waals surface area contributed by atoms with E-state index in [0.717, 1.165) is 51.3 Å². The Hall–Kier alpha value is -3.84. The van der Waals surface area contributed by atoms with E-state index in [4.69, 9.17) is 9.98 Å². The summed E-state index contributed by atoms with van der Waals surface area (Å²) in [7, 11) is 2.14. The number of aromatic amines is 2. The van der Waals surface area contributed by atoms with E-state index in [1.54, 1.807) is 27.7 Å². The van der Waals surface area contributed by atoms with Crippen LogP contribution in [0.25, 0.3) is 17.7 Å². The summed E-state index contributed by atoms with van der Waals surface area (Å²) < 4.78 is 3.38. The summed E-state index contributed by atoms with van der Waals surface area (Å²) in [6, 6.07) is 0.239. The quantitative estimate of drug-likeness (QED) is 0.320. The number of piperazine rings is 1. The van der Waals surface area contributed by atoms with Crippen molar-refractivity contribution in [1.29, 1.82) is 0 Å². The molecule has 4 aromatic rings. The second-order valence-electron chi connectivity index (χ2n) is 8.86. The number of hydrogen-bond acceptors (Lipinski definition) is 9. The lowest BCUT2D eigenvalue weighted by Gasteiger charge is -2.31. The van der Waals surface area contributed by atoms with E-state index in [0.29, 0.717) is 22.4 Å². The highest BCUT2D eigenvalue weighted by Crippen LogP contribution is 2.22. The number of hydrogen-bond donors (Lipinski definition) is 3. The molecule has 1 saturated heterocycles. The number of aromatic hydroxyl groups is 1. The van der Waals surface area contributed by atoms with Gasteiger partial charge in [0.1, 0.15) is 12.0 Å². The smallest absolute Gasteiger partial charge is 0.326 e. The van der Waals surface area contributed by atoms with Gasteiger partial charge in [-0.1, -0.05) is 0 Å². The molecule has 2 aliphatic rings. The number of aromatic nitrogens is 8. The molecule has 0 bridgehead atoms. The Kier molecular flexibility index (Phi) is 4.99. The van der Waals surface area contributed by atoms with Gasteiger partial charge >= 0.3 is 5.69 Å². The van der Waals surface area contributed by atoms with E-state index in [-0.39, 0.29) is 17.6 Å². The summed E-state index contributed by atoms with van der Waals surface area (Å²) in [5.41, 5.74) is 1.68. The molecular formula is C21H25N11O2. The van der Waals surface area contributed by atoms with Crippen molar-refractivity contribution in [1.82, 2.24) is 48.9 Å². The number of nitrogens with one attached hydrogen (secondary N) is 2. The predicted octanol–water partition coefficient (Wildman–Crippen LogP) is -1.61. The van der Waals surface area contributed by atoms with Crippen LogP contribution in [0.4, 0.5) is 0 Å². The molecule has 0 spiro atoms.